The lowest BCUT2D eigenvalue weighted by atomic mass is 10.3. The molecular weight excluding hydrogens is 224 g/mol. The third kappa shape index (κ3) is 3.95. The lowest BCUT2D eigenvalue weighted by Gasteiger charge is -2.22. The molecule has 0 radical (unpaired) electrons. The summed E-state index contributed by atoms with van der Waals surface area (Å²) >= 11 is 0. The summed E-state index contributed by atoms with van der Waals surface area (Å²) in [7, 11) is 0. The van der Waals surface area contributed by atoms with Crippen LogP contribution in [0.15, 0.2) is 12.4 Å². The van der Waals surface area contributed by atoms with Gasteiger partial charge in [-0.2, -0.15) is 0 Å². The Morgan fingerprint density at radius 1 is 1.22 bits per heavy atom. The molecule has 0 saturated heterocycles. The number of aromatic nitrogens is 2. The molecule has 1 heterocycles. The van der Waals surface area contributed by atoms with Gasteiger partial charge in [0.1, 0.15) is 5.82 Å². The summed E-state index contributed by atoms with van der Waals surface area (Å²) in [6.07, 6.45) is 8.66. The highest BCUT2D eigenvalue weighted by atomic mass is 15.2. The van der Waals surface area contributed by atoms with Gasteiger partial charge < -0.3 is 10.2 Å². The van der Waals surface area contributed by atoms with Crippen LogP contribution in [0, 0.1) is 0 Å². The van der Waals surface area contributed by atoms with Crippen molar-refractivity contribution >= 4 is 5.82 Å². The van der Waals surface area contributed by atoms with Gasteiger partial charge in [-0.1, -0.05) is 13.8 Å². The molecule has 0 atom stereocenters. The molecule has 0 unspecified atom stereocenters. The van der Waals surface area contributed by atoms with Crippen molar-refractivity contribution in [2.24, 2.45) is 0 Å². The number of nitrogens with zero attached hydrogens (tertiary/aromatic N) is 3. The van der Waals surface area contributed by atoms with Gasteiger partial charge in [-0.25, -0.2) is 4.98 Å². The van der Waals surface area contributed by atoms with Crippen molar-refractivity contribution in [3.05, 3.63) is 18.1 Å². The molecule has 0 amide bonds. The molecule has 4 heteroatoms. The van der Waals surface area contributed by atoms with Crippen LogP contribution in [0.25, 0.3) is 0 Å². The lowest BCUT2D eigenvalue weighted by molar-refractivity contribution is 0.665. The second kappa shape index (κ2) is 6.69. The molecule has 18 heavy (non-hydrogen) atoms. The zero-order chi connectivity index (χ0) is 12.8. The highest BCUT2D eigenvalue weighted by Gasteiger charge is 2.20. The second-order valence-electron chi connectivity index (χ2n) is 5.01. The predicted molar refractivity (Wildman–Crippen MR) is 74.7 cm³/mol. The van der Waals surface area contributed by atoms with Crippen molar-refractivity contribution < 1.29 is 0 Å². The van der Waals surface area contributed by atoms with Crippen molar-refractivity contribution in [2.75, 3.05) is 18.0 Å². The molecule has 1 aliphatic carbocycles. The molecule has 0 spiro atoms. The lowest BCUT2D eigenvalue weighted by Crippen LogP contribution is -2.26. The quantitative estimate of drug-likeness (QED) is 0.767. The van der Waals surface area contributed by atoms with Crippen LogP contribution >= 0.6 is 0 Å². The van der Waals surface area contributed by atoms with Gasteiger partial charge in [0.05, 0.1) is 11.9 Å². The minimum atomic E-state index is 0.720. The van der Waals surface area contributed by atoms with Crippen LogP contribution in [0.1, 0.15) is 45.2 Å². The highest BCUT2D eigenvalue weighted by molar-refractivity contribution is 5.36. The predicted octanol–water partition coefficient (Wildman–Crippen LogP) is 2.36. The van der Waals surface area contributed by atoms with E-state index in [4.69, 9.17) is 4.98 Å². The molecule has 1 aliphatic rings. The number of hydrogen-bond donors (Lipinski definition) is 1. The van der Waals surface area contributed by atoms with Crippen molar-refractivity contribution in [1.29, 1.82) is 0 Å². The largest absolute Gasteiger partial charge is 0.355 e. The van der Waals surface area contributed by atoms with Gasteiger partial charge in [-0.05, 0) is 25.7 Å². The monoisotopic (exact) mass is 248 g/mol. The van der Waals surface area contributed by atoms with Crippen LogP contribution in [0.3, 0.4) is 0 Å². The van der Waals surface area contributed by atoms with Gasteiger partial charge in [-0.3, -0.25) is 4.98 Å². The molecule has 0 aliphatic heterocycles. The zero-order valence-electron chi connectivity index (χ0n) is 11.5. The first-order chi connectivity index (χ1) is 8.83. The molecule has 1 N–H and O–H groups in total. The van der Waals surface area contributed by atoms with Gasteiger partial charge in [0.2, 0.25) is 0 Å². The molecule has 1 fully saturated rings. The van der Waals surface area contributed by atoms with E-state index in [1.807, 2.05) is 12.4 Å². The standard InChI is InChI=1S/C14H24N4/c1-3-7-18(8-4-2)14-11-15-9-13(17-14)10-16-12-5-6-12/h9,11-12,16H,3-8,10H2,1-2H3. The molecule has 2 rings (SSSR count). The summed E-state index contributed by atoms with van der Waals surface area (Å²) in [6, 6.07) is 0.720. The fourth-order valence-electron chi connectivity index (χ4n) is 2.05. The van der Waals surface area contributed by atoms with Gasteiger partial charge in [0.15, 0.2) is 0 Å². The second-order valence-corrected chi connectivity index (χ2v) is 5.01. The minimum absolute atomic E-state index is 0.720. The van der Waals surface area contributed by atoms with Gasteiger partial charge in [0, 0.05) is 31.9 Å². The van der Waals surface area contributed by atoms with E-state index in [9.17, 15) is 0 Å². The van der Waals surface area contributed by atoms with Crippen molar-refractivity contribution in [2.45, 2.75) is 52.1 Å². The maximum absolute atomic E-state index is 4.71. The summed E-state index contributed by atoms with van der Waals surface area (Å²) in [5.74, 6) is 1.02. The maximum Gasteiger partial charge on any atom is 0.147 e. The van der Waals surface area contributed by atoms with Crippen LogP contribution in [-0.4, -0.2) is 29.1 Å². The number of hydrogen-bond acceptors (Lipinski definition) is 4. The molecule has 0 aromatic carbocycles. The van der Waals surface area contributed by atoms with Gasteiger partial charge >= 0.3 is 0 Å². The van der Waals surface area contributed by atoms with Crippen LogP contribution in [0.2, 0.25) is 0 Å². The minimum Gasteiger partial charge on any atom is -0.355 e. The fourth-order valence-corrected chi connectivity index (χ4v) is 2.05. The van der Waals surface area contributed by atoms with E-state index in [0.717, 1.165) is 50.0 Å². The average molecular weight is 248 g/mol. The van der Waals surface area contributed by atoms with Crippen LogP contribution in [0.4, 0.5) is 5.82 Å². The first kappa shape index (κ1) is 13.3. The Morgan fingerprint density at radius 2 is 1.94 bits per heavy atom. The van der Waals surface area contributed by atoms with Crippen molar-refractivity contribution in [1.82, 2.24) is 15.3 Å². The topological polar surface area (TPSA) is 41.1 Å². The van der Waals surface area contributed by atoms with E-state index in [2.05, 4.69) is 29.0 Å². The van der Waals surface area contributed by atoms with E-state index in [1.165, 1.54) is 12.8 Å². The van der Waals surface area contributed by atoms with Crippen LogP contribution < -0.4 is 10.2 Å². The maximum atomic E-state index is 4.71. The summed E-state index contributed by atoms with van der Waals surface area (Å²) in [5, 5.41) is 3.48. The van der Waals surface area contributed by atoms with E-state index in [-0.39, 0.29) is 0 Å². The van der Waals surface area contributed by atoms with Gasteiger partial charge in [-0.15, -0.1) is 0 Å². The summed E-state index contributed by atoms with van der Waals surface area (Å²) in [6.45, 7) is 7.37. The molecule has 0 bridgehead atoms. The Hall–Kier alpha value is -1.16. The Morgan fingerprint density at radius 3 is 2.56 bits per heavy atom. The Labute approximate surface area is 110 Å². The Balaban J connectivity index is 1.98. The third-order valence-corrected chi connectivity index (χ3v) is 3.13. The smallest absolute Gasteiger partial charge is 0.147 e. The average Bonchev–Trinajstić information content (AvgIpc) is 3.21. The number of rotatable bonds is 8. The molecule has 1 aromatic heterocycles. The van der Waals surface area contributed by atoms with Crippen molar-refractivity contribution in [3.8, 4) is 0 Å². The summed E-state index contributed by atoms with van der Waals surface area (Å²) < 4.78 is 0. The summed E-state index contributed by atoms with van der Waals surface area (Å²) in [5.41, 5.74) is 1.05. The SMILES string of the molecule is CCCN(CCC)c1cncc(CNC2CC2)n1. The van der Waals surface area contributed by atoms with E-state index in [1.54, 1.807) is 0 Å². The first-order valence-corrected chi connectivity index (χ1v) is 7.12. The van der Waals surface area contributed by atoms with E-state index >= 15 is 0 Å². The fraction of sp³-hybridized carbons (Fsp3) is 0.714. The molecular formula is C14H24N4. The van der Waals surface area contributed by atoms with Crippen molar-refractivity contribution in [3.63, 3.8) is 0 Å². The number of anilines is 1. The van der Waals surface area contributed by atoms with Crippen LogP contribution in [0.5, 0.6) is 0 Å². The molecule has 4 nitrogen and oxygen atoms in total. The van der Waals surface area contributed by atoms with E-state index < -0.39 is 0 Å². The molecule has 100 valence electrons. The number of nitrogens with one attached hydrogen (secondary N) is 1. The van der Waals surface area contributed by atoms with Crippen LogP contribution in [-0.2, 0) is 6.54 Å². The highest BCUT2D eigenvalue weighted by Crippen LogP contribution is 2.19. The third-order valence-electron chi connectivity index (χ3n) is 3.13. The normalized spacial score (nSPS) is 14.8. The molecule has 1 saturated carbocycles. The Bertz CT molecular complexity index is 357. The Kier molecular flexibility index (Phi) is 4.93. The summed E-state index contributed by atoms with van der Waals surface area (Å²) in [4.78, 5) is 11.4. The van der Waals surface area contributed by atoms with Gasteiger partial charge in [0.25, 0.3) is 0 Å². The zero-order valence-corrected chi connectivity index (χ0v) is 11.5. The van der Waals surface area contributed by atoms with E-state index in [0.29, 0.717) is 0 Å². The first-order valence-electron chi connectivity index (χ1n) is 7.12. The molecule has 1 aromatic rings.